The molecule has 0 saturated heterocycles. The summed E-state index contributed by atoms with van der Waals surface area (Å²) in [6, 6.07) is 10.1. The number of halogens is 1. The Bertz CT molecular complexity index is 581. The highest BCUT2D eigenvalue weighted by atomic mass is 19.1. The molecule has 1 amide bonds. The lowest BCUT2D eigenvalue weighted by Gasteiger charge is -2.07. The fourth-order valence-corrected chi connectivity index (χ4v) is 1.81. The molecule has 5 heteroatoms. The van der Waals surface area contributed by atoms with Gasteiger partial charge in [0, 0.05) is 13.0 Å². The summed E-state index contributed by atoms with van der Waals surface area (Å²) in [4.78, 5) is 15.4. The highest BCUT2D eigenvalue weighted by Crippen LogP contribution is 2.10. The van der Waals surface area contributed by atoms with E-state index in [1.165, 1.54) is 12.1 Å². The van der Waals surface area contributed by atoms with Crippen LogP contribution in [0.25, 0.3) is 0 Å². The first-order chi connectivity index (χ1) is 10.2. The molecule has 1 heterocycles. The molecule has 2 aromatic rings. The third-order valence-corrected chi connectivity index (χ3v) is 3.01. The Morgan fingerprint density at radius 1 is 1.19 bits per heavy atom. The molecule has 0 saturated carbocycles. The fraction of sp³-hybridized carbons (Fsp3) is 0.250. The summed E-state index contributed by atoms with van der Waals surface area (Å²) in [5, 5.41) is 5.93. The minimum absolute atomic E-state index is 0.0560. The second kappa shape index (κ2) is 7.38. The lowest BCUT2D eigenvalue weighted by molar-refractivity contribution is -0.115. The molecule has 0 aliphatic heterocycles. The molecule has 1 aromatic carbocycles. The first-order valence-electron chi connectivity index (χ1n) is 6.91. The van der Waals surface area contributed by atoms with E-state index >= 15 is 0 Å². The molecule has 110 valence electrons. The van der Waals surface area contributed by atoms with Gasteiger partial charge in [0.15, 0.2) is 0 Å². The van der Waals surface area contributed by atoms with Crippen LogP contribution in [0.4, 0.5) is 15.9 Å². The summed E-state index contributed by atoms with van der Waals surface area (Å²) < 4.78 is 12.8. The summed E-state index contributed by atoms with van der Waals surface area (Å²) in [7, 11) is 0. The number of benzene rings is 1. The van der Waals surface area contributed by atoms with Gasteiger partial charge in [0.05, 0.1) is 11.9 Å². The molecule has 0 bridgehead atoms. The van der Waals surface area contributed by atoms with Crippen LogP contribution >= 0.6 is 0 Å². The van der Waals surface area contributed by atoms with Crippen LogP contribution < -0.4 is 10.6 Å². The lowest BCUT2D eigenvalue weighted by Crippen LogP contribution is -2.11. The van der Waals surface area contributed by atoms with Crippen molar-refractivity contribution in [1.29, 1.82) is 0 Å². The Morgan fingerprint density at radius 3 is 2.57 bits per heavy atom. The number of aromatic nitrogens is 1. The Hall–Kier alpha value is -2.43. The average molecular weight is 287 g/mol. The van der Waals surface area contributed by atoms with Crippen LogP contribution in [0.2, 0.25) is 0 Å². The van der Waals surface area contributed by atoms with Crippen molar-refractivity contribution in [2.24, 2.45) is 0 Å². The number of nitrogens with one attached hydrogen (secondary N) is 2. The zero-order chi connectivity index (χ0) is 15.1. The average Bonchev–Trinajstić information content (AvgIpc) is 2.51. The maximum Gasteiger partial charge on any atom is 0.225 e. The predicted molar refractivity (Wildman–Crippen MR) is 81.8 cm³/mol. The number of carbonyl (C=O) groups is 1. The highest BCUT2D eigenvalue weighted by molar-refractivity contribution is 5.89. The third kappa shape index (κ3) is 4.87. The van der Waals surface area contributed by atoms with Gasteiger partial charge >= 0.3 is 0 Å². The minimum atomic E-state index is -0.222. The number of pyridine rings is 1. The van der Waals surface area contributed by atoms with Gasteiger partial charge in [-0.2, -0.15) is 0 Å². The van der Waals surface area contributed by atoms with E-state index in [0.29, 0.717) is 12.2 Å². The van der Waals surface area contributed by atoms with Crippen molar-refractivity contribution in [3.63, 3.8) is 0 Å². The summed E-state index contributed by atoms with van der Waals surface area (Å²) >= 11 is 0. The molecule has 2 rings (SSSR count). The molecule has 0 spiro atoms. The van der Waals surface area contributed by atoms with Crippen LogP contribution in [0.5, 0.6) is 0 Å². The monoisotopic (exact) mass is 287 g/mol. The molecule has 0 radical (unpaired) electrons. The van der Waals surface area contributed by atoms with Crippen molar-refractivity contribution in [2.75, 3.05) is 17.2 Å². The molecule has 21 heavy (non-hydrogen) atoms. The fourth-order valence-electron chi connectivity index (χ4n) is 1.81. The Labute approximate surface area is 123 Å². The first kappa shape index (κ1) is 15.0. The maximum absolute atomic E-state index is 12.8. The molecule has 0 aliphatic rings. The van der Waals surface area contributed by atoms with E-state index in [-0.39, 0.29) is 11.7 Å². The van der Waals surface area contributed by atoms with E-state index < -0.39 is 0 Å². The van der Waals surface area contributed by atoms with Gasteiger partial charge in [-0.25, -0.2) is 9.37 Å². The number of amides is 1. The van der Waals surface area contributed by atoms with Crippen LogP contribution in [-0.2, 0) is 11.2 Å². The van der Waals surface area contributed by atoms with Gasteiger partial charge in [-0.15, -0.1) is 0 Å². The molecular formula is C16H18FN3O. The van der Waals surface area contributed by atoms with Crippen molar-refractivity contribution in [3.05, 3.63) is 54.0 Å². The summed E-state index contributed by atoms with van der Waals surface area (Å²) in [6.07, 6.45) is 2.91. The minimum Gasteiger partial charge on any atom is -0.383 e. The van der Waals surface area contributed by atoms with Crippen molar-refractivity contribution in [2.45, 2.75) is 19.8 Å². The van der Waals surface area contributed by atoms with Gasteiger partial charge in [-0.1, -0.05) is 19.1 Å². The third-order valence-electron chi connectivity index (χ3n) is 3.01. The maximum atomic E-state index is 12.8. The number of nitrogens with zero attached hydrogens (tertiary/aromatic N) is 1. The molecular weight excluding hydrogens is 269 g/mol. The van der Waals surface area contributed by atoms with E-state index in [9.17, 15) is 9.18 Å². The number of hydrogen-bond donors (Lipinski definition) is 2. The quantitative estimate of drug-likeness (QED) is 0.857. The summed E-state index contributed by atoms with van der Waals surface area (Å²) in [6.45, 7) is 2.52. The number of carbonyl (C=O) groups excluding carboxylic acids is 1. The van der Waals surface area contributed by atoms with Gasteiger partial charge in [0.1, 0.15) is 11.6 Å². The summed E-state index contributed by atoms with van der Waals surface area (Å²) in [5.41, 5.74) is 1.95. The van der Waals surface area contributed by atoms with Crippen LogP contribution in [0.1, 0.15) is 18.9 Å². The highest BCUT2D eigenvalue weighted by Gasteiger charge is 2.00. The normalized spacial score (nSPS) is 10.2. The number of hydrogen-bond acceptors (Lipinski definition) is 3. The second-order valence-electron chi connectivity index (χ2n) is 4.64. The van der Waals surface area contributed by atoms with Gasteiger partial charge in [0.2, 0.25) is 5.91 Å². The Kier molecular flexibility index (Phi) is 5.26. The molecule has 4 nitrogen and oxygen atoms in total. The van der Waals surface area contributed by atoms with Gasteiger partial charge in [-0.3, -0.25) is 4.79 Å². The number of rotatable bonds is 6. The van der Waals surface area contributed by atoms with Gasteiger partial charge < -0.3 is 10.6 Å². The smallest absolute Gasteiger partial charge is 0.225 e. The van der Waals surface area contributed by atoms with E-state index in [2.05, 4.69) is 15.6 Å². The van der Waals surface area contributed by atoms with Gasteiger partial charge in [-0.05, 0) is 36.2 Å². The van der Waals surface area contributed by atoms with Crippen LogP contribution in [0.3, 0.4) is 0 Å². The Balaban J connectivity index is 1.80. The van der Waals surface area contributed by atoms with Crippen molar-refractivity contribution in [1.82, 2.24) is 4.98 Å². The number of anilines is 2. The molecule has 0 fully saturated rings. The second-order valence-corrected chi connectivity index (χ2v) is 4.64. The zero-order valence-corrected chi connectivity index (χ0v) is 11.9. The molecule has 2 N–H and O–H groups in total. The van der Waals surface area contributed by atoms with Crippen molar-refractivity contribution in [3.8, 4) is 0 Å². The molecule has 0 unspecified atom stereocenters. The van der Waals surface area contributed by atoms with E-state index in [0.717, 1.165) is 24.2 Å². The molecule has 1 aromatic heterocycles. The van der Waals surface area contributed by atoms with Crippen molar-refractivity contribution >= 4 is 17.4 Å². The lowest BCUT2D eigenvalue weighted by atomic mass is 10.1. The van der Waals surface area contributed by atoms with E-state index in [1.807, 2.05) is 6.07 Å². The zero-order valence-electron chi connectivity index (χ0n) is 11.9. The van der Waals surface area contributed by atoms with E-state index in [1.54, 1.807) is 31.3 Å². The predicted octanol–water partition coefficient (Wildman–Crippen LogP) is 3.22. The van der Waals surface area contributed by atoms with Gasteiger partial charge in [0.25, 0.3) is 0 Å². The largest absolute Gasteiger partial charge is 0.383 e. The summed E-state index contributed by atoms with van der Waals surface area (Å²) in [5.74, 6) is 0.270. The topological polar surface area (TPSA) is 54.0 Å². The van der Waals surface area contributed by atoms with Crippen molar-refractivity contribution < 1.29 is 9.18 Å². The molecule has 0 atom stereocenters. The van der Waals surface area contributed by atoms with Crippen LogP contribution in [-0.4, -0.2) is 17.4 Å². The standard InChI is InChI=1S/C16H18FN3O/c1-2-16(21)20-15-8-7-14(11-19-15)18-10-9-12-3-5-13(17)6-4-12/h3-8,11,18H,2,9-10H2,1H3,(H,19,20,21). The first-order valence-corrected chi connectivity index (χ1v) is 6.91. The Morgan fingerprint density at radius 2 is 1.95 bits per heavy atom. The van der Waals surface area contributed by atoms with Crippen LogP contribution in [0.15, 0.2) is 42.6 Å². The SMILES string of the molecule is CCC(=O)Nc1ccc(NCCc2ccc(F)cc2)cn1. The molecule has 0 aliphatic carbocycles. The van der Waals surface area contributed by atoms with E-state index in [4.69, 9.17) is 0 Å². The van der Waals surface area contributed by atoms with Crippen LogP contribution in [0, 0.1) is 5.82 Å².